The van der Waals surface area contributed by atoms with Crippen LogP contribution in [0, 0.1) is 5.92 Å². The molecule has 1 atom stereocenters. The number of nitrogens with zero attached hydrogens (tertiary/aromatic N) is 3. The molecule has 1 saturated heterocycles. The van der Waals surface area contributed by atoms with Crippen LogP contribution in [0.25, 0.3) is 0 Å². The molecule has 0 radical (unpaired) electrons. The van der Waals surface area contributed by atoms with Crippen LogP contribution in [0.3, 0.4) is 0 Å². The largest absolute Gasteiger partial charge is 0.497 e. The summed E-state index contributed by atoms with van der Waals surface area (Å²) in [5.41, 5.74) is 2.02. The molecule has 2 aromatic carbocycles. The van der Waals surface area contributed by atoms with Crippen molar-refractivity contribution >= 4 is 17.6 Å². The first-order valence-corrected chi connectivity index (χ1v) is 11.6. The molecule has 0 aromatic heterocycles. The van der Waals surface area contributed by atoms with Crippen molar-refractivity contribution < 1.29 is 14.6 Å². The Balaban J connectivity index is 1.77. The van der Waals surface area contributed by atoms with Gasteiger partial charge in [-0.25, -0.2) is 9.79 Å². The number of aromatic carboxylic acids is 1. The molecule has 0 unspecified atom stereocenters. The summed E-state index contributed by atoms with van der Waals surface area (Å²) in [4.78, 5) is 21.1. The molecule has 178 valence electrons. The van der Waals surface area contributed by atoms with Crippen LogP contribution in [-0.2, 0) is 6.54 Å². The molecule has 0 saturated carbocycles. The number of carboxylic acids is 1. The fourth-order valence-corrected chi connectivity index (χ4v) is 4.22. The molecule has 0 spiro atoms. The molecule has 0 bridgehead atoms. The van der Waals surface area contributed by atoms with Gasteiger partial charge >= 0.3 is 5.97 Å². The zero-order valence-electron chi connectivity index (χ0n) is 20.1. The van der Waals surface area contributed by atoms with Crippen LogP contribution in [0.15, 0.2) is 53.5 Å². The van der Waals surface area contributed by atoms with Gasteiger partial charge in [-0.2, -0.15) is 0 Å². The van der Waals surface area contributed by atoms with Crippen LogP contribution in [0.4, 0.5) is 5.69 Å². The molecule has 33 heavy (non-hydrogen) atoms. The minimum absolute atomic E-state index is 0.250. The van der Waals surface area contributed by atoms with E-state index < -0.39 is 5.97 Å². The molecule has 1 heterocycles. The number of guanidine groups is 1. The molecular weight excluding hydrogens is 416 g/mol. The number of carboxylic acid groups (broad SMARTS) is 1. The Morgan fingerprint density at radius 2 is 1.82 bits per heavy atom. The summed E-state index contributed by atoms with van der Waals surface area (Å²) in [5.74, 6) is 1.30. The number of hydrogen-bond donors (Lipinski definition) is 2. The third-order valence-electron chi connectivity index (χ3n) is 5.96. The number of carbonyl (C=O) groups is 1. The van der Waals surface area contributed by atoms with Gasteiger partial charge in [0.2, 0.25) is 0 Å². The monoisotopic (exact) mass is 452 g/mol. The van der Waals surface area contributed by atoms with Crippen molar-refractivity contribution in [3.63, 3.8) is 0 Å². The number of ether oxygens (including phenoxy) is 1. The van der Waals surface area contributed by atoms with E-state index in [1.807, 2.05) is 30.3 Å². The average molecular weight is 453 g/mol. The van der Waals surface area contributed by atoms with Gasteiger partial charge in [0.15, 0.2) is 5.96 Å². The van der Waals surface area contributed by atoms with E-state index in [-0.39, 0.29) is 5.56 Å². The molecule has 7 heteroatoms. The van der Waals surface area contributed by atoms with E-state index in [0.29, 0.717) is 18.5 Å². The topological polar surface area (TPSA) is 77.4 Å². The standard InChI is InChI=1S/C26H36N4O3/c1-19(2)15-20(3)29-11-13-30(14-12-29)26(27-18-21-7-5-10-24(16-21)33-4)28-23-9-6-8-22(17-23)25(31)32/h5-10,16-17,19-20H,11-15,18H2,1-4H3,(H,27,28)(H,31,32)/t20-/m1/s1. The van der Waals surface area contributed by atoms with Crippen LogP contribution in [0.1, 0.15) is 43.1 Å². The molecule has 2 aromatic rings. The van der Waals surface area contributed by atoms with Crippen molar-refractivity contribution in [2.45, 2.75) is 39.8 Å². The zero-order valence-corrected chi connectivity index (χ0v) is 20.1. The second-order valence-electron chi connectivity index (χ2n) is 9.00. The third kappa shape index (κ3) is 7.22. The molecular formula is C26H36N4O3. The second-order valence-corrected chi connectivity index (χ2v) is 9.00. The lowest BCUT2D eigenvalue weighted by Gasteiger charge is -2.40. The van der Waals surface area contributed by atoms with Gasteiger partial charge in [-0.3, -0.25) is 4.90 Å². The summed E-state index contributed by atoms with van der Waals surface area (Å²) >= 11 is 0. The maximum atomic E-state index is 11.4. The van der Waals surface area contributed by atoms with E-state index in [9.17, 15) is 9.90 Å². The molecule has 1 aliphatic rings. The molecule has 7 nitrogen and oxygen atoms in total. The Kier molecular flexibility index (Phi) is 8.72. The van der Waals surface area contributed by atoms with Crippen molar-refractivity contribution in [2.75, 3.05) is 38.6 Å². The van der Waals surface area contributed by atoms with Crippen molar-refractivity contribution in [1.82, 2.24) is 9.80 Å². The first-order valence-electron chi connectivity index (χ1n) is 11.6. The van der Waals surface area contributed by atoms with Gasteiger partial charge in [-0.1, -0.05) is 32.0 Å². The Bertz CT molecular complexity index is 952. The van der Waals surface area contributed by atoms with Gasteiger partial charge in [0.05, 0.1) is 19.2 Å². The lowest BCUT2D eigenvalue weighted by molar-refractivity contribution is 0.0697. The summed E-state index contributed by atoms with van der Waals surface area (Å²) in [6, 6.07) is 15.3. The minimum Gasteiger partial charge on any atom is -0.497 e. The van der Waals surface area contributed by atoms with Crippen LogP contribution in [0.2, 0.25) is 0 Å². The number of benzene rings is 2. The highest BCUT2D eigenvalue weighted by molar-refractivity contribution is 5.95. The number of aliphatic imine (C=N–C) groups is 1. The fraction of sp³-hybridized carbons (Fsp3) is 0.462. The lowest BCUT2D eigenvalue weighted by Crippen LogP contribution is -2.53. The highest BCUT2D eigenvalue weighted by Gasteiger charge is 2.24. The Morgan fingerprint density at radius 3 is 2.48 bits per heavy atom. The number of rotatable bonds is 8. The van der Waals surface area contributed by atoms with Crippen LogP contribution >= 0.6 is 0 Å². The Hall–Kier alpha value is -3.06. The summed E-state index contributed by atoms with van der Waals surface area (Å²) in [5, 5.41) is 12.7. The van der Waals surface area contributed by atoms with Gasteiger partial charge in [0, 0.05) is 37.9 Å². The van der Waals surface area contributed by atoms with Crippen LogP contribution in [0.5, 0.6) is 5.75 Å². The number of nitrogens with one attached hydrogen (secondary N) is 1. The first kappa shape index (κ1) is 24.6. The lowest BCUT2D eigenvalue weighted by atomic mass is 10.0. The molecule has 2 N–H and O–H groups in total. The predicted octanol–water partition coefficient (Wildman–Crippen LogP) is 4.41. The van der Waals surface area contributed by atoms with Crippen LogP contribution in [-0.4, -0.2) is 66.2 Å². The Morgan fingerprint density at radius 1 is 1.09 bits per heavy atom. The van der Waals surface area contributed by atoms with E-state index in [1.165, 1.54) is 6.42 Å². The summed E-state index contributed by atoms with van der Waals surface area (Å²) < 4.78 is 5.34. The quantitative estimate of drug-likeness (QED) is 0.456. The minimum atomic E-state index is -0.943. The van der Waals surface area contributed by atoms with E-state index in [4.69, 9.17) is 9.73 Å². The second kappa shape index (κ2) is 11.7. The van der Waals surface area contributed by atoms with Crippen molar-refractivity contribution in [1.29, 1.82) is 0 Å². The highest BCUT2D eigenvalue weighted by Crippen LogP contribution is 2.18. The highest BCUT2D eigenvalue weighted by atomic mass is 16.5. The van der Waals surface area contributed by atoms with Crippen LogP contribution < -0.4 is 10.1 Å². The fourth-order valence-electron chi connectivity index (χ4n) is 4.22. The maximum Gasteiger partial charge on any atom is 0.335 e. The molecule has 0 amide bonds. The van der Waals surface area contributed by atoms with Gasteiger partial charge < -0.3 is 20.1 Å². The number of anilines is 1. The first-order chi connectivity index (χ1) is 15.9. The van der Waals surface area contributed by atoms with E-state index in [0.717, 1.165) is 49.1 Å². The SMILES string of the molecule is COc1cccc(CN=C(Nc2cccc(C(=O)O)c2)N2CCN([C@H](C)CC(C)C)CC2)c1. The van der Waals surface area contributed by atoms with Gasteiger partial charge in [0.1, 0.15) is 5.75 Å². The van der Waals surface area contributed by atoms with E-state index >= 15 is 0 Å². The smallest absolute Gasteiger partial charge is 0.335 e. The molecule has 3 rings (SSSR count). The van der Waals surface area contributed by atoms with Crippen molar-refractivity contribution in [2.24, 2.45) is 10.9 Å². The van der Waals surface area contributed by atoms with E-state index in [1.54, 1.807) is 25.3 Å². The maximum absolute atomic E-state index is 11.4. The van der Waals surface area contributed by atoms with Gasteiger partial charge in [-0.05, 0) is 55.2 Å². The average Bonchev–Trinajstić information content (AvgIpc) is 2.81. The predicted molar refractivity (Wildman–Crippen MR) is 133 cm³/mol. The zero-order chi connectivity index (χ0) is 23.8. The van der Waals surface area contributed by atoms with E-state index in [2.05, 4.69) is 35.9 Å². The normalized spacial score (nSPS) is 16.0. The molecule has 1 aliphatic heterocycles. The van der Waals surface area contributed by atoms with Crippen molar-refractivity contribution in [3.8, 4) is 5.75 Å². The summed E-state index contributed by atoms with van der Waals surface area (Å²) in [6.07, 6.45) is 1.19. The number of piperazine rings is 1. The van der Waals surface area contributed by atoms with Gasteiger partial charge in [0.25, 0.3) is 0 Å². The Labute approximate surface area is 197 Å². The van der Waals surface area contributed by atoms with Gasteiger partial charge in [-0.15, -0.1) is 0 Å². The van der Waals surface area contributed by atoms with Crippen molar-refractivity contribution in [3.05, 3.63) is 59.7 Å². The molecule has 0 aliphatic carbocycles. The number of methoxy groups -OCH3 is 1. The summed E-state index contributed by atoms with van der Waals surface area (Å²) in [6.45, 7) is 11.0. The third-order valence-corrected chi connectivity index (χ3v) is 5.96. The number of hydrogen-bond acceptors (Lipinski definition) is 4. The molecule has 1 fully saturated rings. The summed E-state index contributed by atoms with van der Waals surface area (Å²) in [7, 11) is 1.66.